The molecule has 0 aromatic carbocycles. The number of likely N-dealkylation sites (N-methyl/N-ethyl adjacent to an activating group) is 1. The van der Waals surface area contributed by atoms with Crippen molar-refractivity contribution in [3.05, 3.63) is 24.2 Å². The molecule has 6 nitrogen and oxygen atoms in total. The number of fused-ring (bicyclic) bond motifs is 1. The van der Waals surface area contributed by atoms with Crippen molar-refractivity contribution in [1.29, 1.82) is 0 Å². The maximum absolute atomic E-state index is 12.6. The molecule has 3 saturated heterocycles. The van der Waals surface area contributed by atoms with Crippen LogP contribution in [0.15, 0.2) is 22.8 Å². The third kappa shape index (κ3) is 3.23. The predicted molar refractivity (Wildman–Crippen MR) is 89.9 cm³/mol. The van der Waals surface area contributed by atoms with Crippen molar-refractivity contribution in [3.8, 4) is 0 Å². The number of amides is 1. The lowest BCUT2D eigenvalue weighted by Crippen LogP contribution is -2.50. The number of nitrogens with zero attached hydrogens (tertiary/aromatic N) is 3. The Morgan fingerprint density at radius 2 is 2.08 bits per heavy atom. The van der Waals surface area contributed by atoms with Gasteiger partial charge in [0.2, 0.25) is 0 Å². The molecule has 0 spiro atoms. The van der Waals surface area contributed by atoms with Crippen LogP contribution in [0.4, 0.5) is 0 Å². The van der Waals surface area contributed by atoms with E-state index < -0.39 is 0 Å². The quantitative estimate of drug-likeness (QED) is 0.826. The summed E-state index contributed by atoms with van der Waals surface area (Å²) in [5, 5.41) is 0. The Hall–Kier alpha value is -1.37. The minimum Gasteiger partial charge on any atom is -0.459 e. The molecule has 4 heterocycles. The van der Waals surface area contributed by atoms with Gasteiger partial charge in [-0.3, -0.25) is 9.69 Å². The number of rotatable bonds is 3. The van der Waals surface area contributed by atoms with E-state index in [-0.39, 0.29) is 12.0 Å². The average molecular weight is 333 g/mol. The number of carbonyl (C=O) groups is 1. The molecule has 1 aromatic rings. The number of piperazine rings is 1. The van der Waals surface area contributed by atoms with E-state index in [0.29, 0.717) is 17.6 Å². The van der Waals surface area contributed by atoms with Crippen LogP contribution in [0.2, 0.25) is 0 Å². The molecular formula is C18H27N3O3. The number of ether oxygens (including phenoxy) is 1. The lowest BCUT2D eigenvalue weighted by atomic mass is 9.84. The predicted octanol–water partition coefficient (Wildman–Crippen LogP) is 1.00. The largest absolute Gasteiger partial charge is 0.459 e. The molecule has 3 aliphatic heterocycles. The fourth-order valence-corrected chi connectivity index (χ4v) is 4.24. The number of furan rings is 1. The van der Waals surface area contributed by atoms with Gasteiger partial charge in [-0.15, -0.1) is 0 Å². The maximum Gasteiger partial charge on any atom is 0.289 e. The third-order valence-corrected chi connectivity index (χ3v) is 5.86. The van der Waals surface area contributed by atoms with Crippen LogP contribution in [0, 0.1) is 11.8 Å². The smallest absolute Gasteiger partial charge is 0.289 e. The second-order valence-electron chi connectivity index (χ2n) is 7.42. The highest BCUT2D eigenvalue weighted by Gasteiger charge is 2.43. The summed E-state index contributed by atoms with van der Waals surface area (Å²) in [4.78, 5) is 19.4. The van der Waals surface area contributed by atoms with Gasteiger partial charge in [-0.1, -0.05) is 0 Å². The van der Waals surface area contributed by atoms with E-state index in [2.05, 4.69) is 16.8 Å². The van der Waals surface area contributed by atoms with E-state index in [1.165, 1.54) is 0 Å². The zero-order valence-electron chi connectivity index (χ0n) is 14.4. The van der Waals surface area contributed by atoms with Gasteiger partial charge in [0, 0.05) is 51.7 Å². The van der Waals surface area contributed by atoms with Crippen LogP contribution in [0.3, 0.4) is 0 Å². The standard InChI is InChI=1S/C18H27N3O3/c1-19-6-8-20(9-7-19)12-17-15-11-21(5-4-14(15)13-24-17)18(22)16-3-2-10-23-16/h2-3,10,14-15,17H,4-9,11-13H2,1H3/t14-,15-,17-/m1/s1. The average Bonchev–Trinajstić information content (AvgIpc) is 3.26. The minimum atomic E-state index is 0.0173. The molecule has 0 radical (unpaired) electrons. The van der Waals surface area contributed by atoms with Crippen molar-refractivity contribution >= 4 is 5.91 Å². The monoisotopic (exact) mass is 333 g/mol. The Morgan fingerprint density at radius 3 is 2.83 bits per heavy atom. The van der Waals surface area contributed by atoms with Gasteiger partial charge in [-0.05, 0) is 31.5 Å². The van der Waals surface area contributed by atoms with Crippen LogP contribution in [-0.2, 0) is 4.74 Å². The molecule has 1 amide bonds. The van der Waals surface area contributed by atoms with Gasteiger partial charge in [0.25, 0.3) is 5.91 Å². The summed E-state index contributed by atoms with van der Waals surface area (Å²) in [5.41, 5.74) is 0. The van der Waals surface area contributed by atoms with Crippen LogP contribution >= 0.6 is 0 Å². The molecule has 0 N–H and O–H groups in total. The SMILES string of the molecule is CN1CCN(C[C@H]2OC[C@H]3CCN(C(=O)c4ccco4)C[C@H]32)CC1. The molecule has 0 unspecified atom stereocenters. The molecule has 4 rings (SSSR count). The highest BCUT2D eigenvalue weighted by atomic mass is 16.5. The van der Waals surface area contributed by atoms with Crippen LogP contribution in [-0.4, -0.2) is 86.2 Å². The number of carbonyl (C=O) groups excluding carboxylic acids is 1. The summed E-state index contributed by atoms with van der Waals surface area (Å²) in [5.74, 6) is 1.52. The van der Waals surface area contributed by atoms with Crippen molar-refractivity contribution < 1.29 is 13.9 Å². The molecule has 1 aromatic heterocycles. The number of piperidine rings is 1. The second-order valence-corrected chi connectivity index (χ2v) is 7.42. The molecule has 132 valence electrons. The fraction of sp³-hybridized carbons (Fsp3) is 0.722. The molecule has 0 bridgehead atoms. The van der Waals surface area contributed by atoms with Crippen LogP contribution < -0.4 is 0 Å². The summed E-state index contributed by atoms with van der Waals surface area (Å²) in [7, 11) is 2.18. The van der Waals surface area contributed by atoms with Gasteiger partial charge < -0.3 is 19.0 Å². The molecule has 3 atom stereocenters. The van der Waals surface area contributed by atoms with Crippen molar-refractivity contribution in [2.24, 2.45) is 11.8 Å². The lowest BCUT2D eigenvalue weighted by Gasteiger charge is -2.38. The van der Waals surface area contributed by atoms with Crippen LogP contribution in [0.1, 0.15) is 17.0 Å². The molecule has 3 aliphatic rings. The first-order chi connectivity index (χ1) is 11.7. The van der Waals surface area contributed by atoms with Crippen LogP contribution in [0.25, 0.3) is 0 Å². The van der Waals surface area contributed by atoms with Gasteiger partial charge in [-0.2, -0.15) is 0 Å². The highest BCUT2D eigenvalue weighted by molar-refractivity contribution is 5.91. The fourth-order valence-electron chi connectivity index (χ4n) is 4.24. The summed E-state index contributed by atoms with van der Waals surface area (Å²) < 4.78 is 11.4. The number of hydrogen-bond donors (Lipinski definition) is 0. The number of hydrogen-bond acceptors (Lipinski definition) is 5. The molecule has 6 heteroatoms. The zero-order chi connectivity index (χ0) is 16.5. The van der Waals surface area contributed by atoms with E-state index in [1.54, 1.807) is 18.4 Å². The Labute approximate surface area is 143 Å². The van der Waals surface area contributed by atoms with Gasteiger partial charge in [-0.25, -0.2) is 0 Å². The molecule has 0 aliphatic carbocycles. The van der Waals surface area contributed by atoms with Crippen molar-refractivity contribution in [3.63, 3.8) is 0 Å². The molecule has 0 saturated carbocycles. The normalized spacial score (nSPS) is 32.0. The Kier molecular flexibility index (Phi) is 4.61. The van der Waals surface area contributed by atoms with E-state index in [4.69, 9.17) is 9.15 Å². The van der Waals surface area contributed by atoms with Crippen molar-refractivity contribution in [2.75, 3.05) is 59.5 Å². The van der Waals surface area contributed by atoms with E-state index in [9.17, 15) is 4.79 Å². The number of likely N-dealkylation sites (tertiary alicyclic amines) is 1. The molecule has 24 heavy (non-hydrogen) atoms. The first kappa shape index (κ1) is 16.1. The van der Waals surface area contributed by atoms with E-state index in [0.717, 1.165) is 58.8 Å². The Morgan fingerprint density at radius 1 is 1.25 bits per heavy atom. The first-order valence-corrected chi connectivity index (χ1v) is 9.06. The third-order valence-electron chi connectivity index (χ3n) is 5.86. The maximum atomic E-state index is 12.6. The van der Waals surface area contributed by atoms with Crippen molar-refractivity contribution in [1.82, 2.24) is 14.7 Å². The first-order valence-electron chi connectivity index (χ1n) is 9.06. The van der Waals surface area contributed by atoms with Crippen molar-refractivity contribution in [2.45, 2.75) is 12.5 Å². The molecule has 3 fully saturated rings. The summed E-state index contributed by atoms with van der Waals surface area (Å²) in [6.45, 7) is 7.94. The summed E-state index contributed by atoms with van der Waals surface area (Å²) in [6.07, 6.45) is 2.86. The zero-order valence-corrected chi connectivity index (χ0v) is 14.4. The van der Waals surface area contributed by atoms with Gasteiger partial charge in [0.05, 0.1) is 19.0 Å². The van der Waals surface area contributed by atoms with E-state index >= 15 is 0 Å². The summed E-state index contributed by atoms with van der Waals surface area (Å²) >= 11 is 0. The molecular weight excluding hydrogens is 306 g/mol. The summed E-state index contributed by atoms with van der Waals surface area (Å²) in [6, 6.07) is 3.52. The highest BCUT2D eigenvalue weighted by Crippen LogP contribution is 2.35. The Bertz CT molecular complexity index is 554. The van der Waals surface area contributed by atoms with Gasteiger partial charge in [0.1, 0.15) is 0 Å². The second kappa shape index (κ2) is 6.86. The van der Waals surface area contributed by atoms with Gasteiger partial charge in [0.15, 0.2) is 5.76 Å². The van der Waals surface area contributed by atoms with Crippen LogP contribution in [0.5, 0.6) is 0 Å². The van der Waals surface area contributed by atoms with Gasteiger partial charge >= 0.3 is 0 Å². The lowest BCUT2D eigenvalue weighted by molar-refractivity contribution is 0.0284. The minimum absolute atomic E-state index is 0.0173. The van der Waals surface area contributed by atoms with E-state index in [1.807, 2.05) is 4.90 Å². The Balaban J connectivity index is 1.37. The topological polar surface area (TPSA) is 49.2 Å².